The summed E-state index contributed by atoms with van der Waals surface area (Å²) in [5.41, 5.74) is 2.51. The number of aliphatic imine (C=N–C) groups is 1. The molecule has 0 unspecified atom stereocenters. The van der Waals surface area contributed by atoms with Crippen LogP contribution in [0.15, 0.2) is 17.1 Å². The van der Waals surface area contributed by atoms with Crippen LogP contribution in [0.5, 0.6) is 11.5 Å². The van der Waals surface area contributed by atoms with Crippen LogP contribution in [0.25, 0.3) is 0 Å². The zero-order valence-electron chi connectivity index (χ0n) is 19.0. The van der Waals surface area contributed by atoms with Gasteiger partial charge < -0.3 is 25.0 Å². The van der Waals surface area contributed by atoms with Crippen molar-refractivity contribution in [3.8, 4) is 11.5 Å². The highest BCUT2D eigenvalue weighted by atomic mass is 127. The molecule has 2 aliphatic rings. The van der Waals surface area contributed by atoms with Crippen LogP contribution in [0.2, 0.25) is 0 Å². The fourth-order valence-corrected chi connectivity index (χ4v) is 4.50. The van der Waals surface area contributed by atoms with Crippen molar-refractivity contribution >= 4 is 35.8 Å². The molecule has 0 atom stereocenters. The van der Waals surface area contributed by atoms with Crippen molar-refractivity contribution < 1.29 is 14.3 Å². The Kier molecular flexibility index (Phi) is 10.7. The molecule has 1 aliphatic carbocycles. The first-order valence-electron chi connectivity index (χ1n) is 11.1. The first kappa shape index (κ1) is 25.5. The minimum atomic E-state index is 0. The fraction of sp³-hybridized carbons (Fsp3) is 0.652. The quantitative estimate of drug-likeness (QED) is 0.239. The Labute approximate surface area is 203 Å². The monoisotopic (exact) mass is 544 g/mol. The first-order chi connectivity index (χ1) is 14.6. The Morgan fingerprint density at radius 2 is 1.71 bits per heavy atom. The highest BCUT2D eigenvalue weighted by Gasteiger charge is 2.22. The van der Waals surface area contributed by atoms with Gasteiger partial charge in [0.25, 0.3) is 0 Å². The second-order valence-electron chi connectivity index (χ2n) is 8.18. The Morgan fingerprint density at radius 3 is 2.35 bits per heavy atom. The number of nitrogens with one attached hydrogen (secondary N) is 2. The third-order valence-corrected chi connectivity index (χ3v) is 6.16. The maximum atomic E-state index is 12.2. The minimum Gasteiger partial charge on any atom is -0.493 e. The number of carbonyl (C=O) groups excluding carboxylic acids is 1. The second-order valence-corrected chi connectivity index (χ2v) is 8.18. The van der Waals surface area contributed by atoms with E-state index in [1.807, 2.05) is 0 Å². The summed E-state index contributed by atoms with van der Waals surface area (Å²) in [5.74, 6) is 3.13. The lowest BCUT2D eigenvalue weighted by atomic mass is 9.87. The van der Waals surface area contributed by atoms with Crippen molar-refractivity contribution in [1.82, 2.24) is 15.5 Å². The van der Waals surface area contributed by atoms with Gasteiger partial charge in [-0.2, -0.15) is 0 Å². The summed E-state index contributed by atoms with van der Waals surface area (Å²) in [4.78, 5) is 18.8. The van der Waals surface area contributed by atoms with E-state index in [0.29, 0.717) is 25.4 Å². The molecule has 1 heterocycles. The zero-order chi connectivity index (χ0) is 21.3. The van der Waals surface area contributed by atoms with Crippen LogP contribution in [-0.4, -0.2) is 57.7 Å². The third-order valence-electron chi connectivity index (χ3n) is 6.16. The van der Waals surface area contributed by atoms with E-state index in [9.17, 15) is 4.79 Å². The summed E-state index contributed by atoms with van der Waals surface area (Å²) in [5, 5.41) is 6.44. The summed E-state index contributed by atoms with van der Waals surface area (Å²) >= 11 is 0. The Balaban J connectivity index is 0.00000341. The molecule has 1 amide bonds. The predicted octanol–water partition coefficient (Wildman–Crippen LogP) is 3.34. The van der Waals surface area contributed by atoms with Crippen molar-refractivity contribution in [3.63, 3.8) is 0 Å². The van der Waals surface area contributed by atoms with Crippen LogP contribution in [0.1, 0.15) is 49.7 Å². The van der Waals surface area contributed by atoms with Crippen LogP contribution >= 0.6 is 24.0 Å². The van der Waals surface area contributed by atoms with Crippen LogP contribution in [-0.2, 0) is 17.8 Å². The summed E-state index contributed by atoms with van der Waals surface area (Å²) in [6.45, 7) is 2.93. The topological polar surface area (TPSA) is 75.2 Å². The second kappa shape index (κ2) is 13.0. The lowest BCUT2D eigenvalue weighted by Gasteiger charge is -2.32. The van der Waals surface area contributed by atoms with Crippen molar-refractivity contribution in [2.24, 2.45) is 10.9 Å². The number of halogens is 1. The number of methoxy groups -OCH3 is 2. The van der Waals surface area contributed by atoms with Gasteiger partial charge in [0.2, 0.25) is 5.91 Å². The molecule has 0 saturated heterocycles. The van der Waals surface area contributed by atoms with Gasteiger partial charge in [-0.05, 0) is 48.4 Å². The van der Waals surface area contributed by atoms with E-state index in [1.165, 1.54) is 43.2 Å². The number of carbonyl (C=O) groups is 1. The molecular formula is C23H37IN4O3. The number of guanidine groups is 1. The number of fused-ring (bicyclic) bond motifs is 1. The molecule has 8 heteroatoms. The van der Waals surface area contributed by atoms with Crippen LogP contribution < -0.4 is 20.1 Å². The molecule has 174 valence electrons. The van der Waals surface area contributed by atoms with Gasteiger partial charge in [0.1, 0.15) is 0 Å². The highest BCUT2D eigenvalue weighted by molar-refractivity contribution is 14.0. The molecule has 0 aromatic heterocycles. The van der Waals surface area contributed by atoms with E-state index in [-0.39, 0.29) is 29.9 Å². The fourth-order valence-electron chi connectivity index (χ4n) is 4.50. The molecule has 7 nitrogen and oxygen atoms in total. The first-order valence-corrected chi connectivity index (χ1v) is 11.1. The zero-order valence-corrected chi connectivity index (χ0v) is 21.4. The van der Waals surface area contributed by atoms with Crippen molar-refractivity contribution in [2.45, 2.75) is 51.5 Å². The SMILES string of the molecule is CN=C(NCCNC(=O)CC1CCCCC1)N1CCc2cc(OC)c(OC)cc2C1.I. The molecule has 1 saturated carbocycles. The molecular weight excluding hydrogens is 507 g/mol. The molecule has 1 aromatic rings. The summed E-state index contributed by atoms with van der Waals surface area (Å²) in [7, 11) is 5.13. The molecule has 0 radical (unpaired) electrons. The number of benzene rings is 1. The average molecular weight is 544 g/mol. The number of ether oxygens (including phenoxy) is 2. The number of rotatable bonds is 7. The Morgan fingerprint density at radius 1 is 1.06 bits per heavy atom. The normalized spacial score (nSPS) is 16.7. The van der Waals surface area contributed by atoms with E-state index in [4.69, 9.17) is 9.47 Å². The molecule has 3 rings (SSSR count). The highest BCUT2D eigenvalue weighted by Crippen LogP contribution is 2.33. The molecule has 1 fully saturated rings. The number of hydrogen-bond acceptors (Lipinski definition) is 4. The molecule has 0 spiro atoms. The maximum absolute atomic E-state index is 12.2. The number of nitrogens with zero attached hydrogens (tertiary/aromatic N) is 2. The Hall–Kier alpha value is -1.71. The van der Waals surface area contributed by atoms with Crippen molar-refractivity contribution in [2.75, 3.05) is 40.9 Å². The third kappa shape index (κ3) is 7.15. The lowest BCUT2D eigenvalue weighted by Crippen LogP contribution is -2.46. The molecule has 1 aliphatic heterocycles. The smallest absolute Gasteiger partial charge is 0.220 e. The maximum Gasteiger partial charge on any atom is 0.220 e. The standard InChI is InChI=1S/C23H36N4O3.HI/c1-24-23(26-11-10-25-22(28)13-17-7-5-4-6-8-17)27-12-9-18-14-20(29-2)21(30-3)15-19(18)16-27;/h14-15,17H,4-13,16H2,1-3H3,(H,24,26)(H,25,28);1H. The molecule has 2 N–H and O–H groups in total. The number of hydrogen-bond donors (Lipinski definition) is 2. The predicted molar refractivity (Wildman–Crippen MR) is 135 cm³/mol. The van der Waals surface area contributed by atoms with E-state index in [0.717, 1.165) is 37.0 Å². The Bertz CT molecular complexity index is 751. The van der Waals surface area contributed by atoms with Gasteiger partial charge in [-0.3, -0.25) is 9.79 Å². The number of amides is 1. The molecule has 31 heavy (non-hydrogen) atoms. The van der Waals surface area contributed by atoms with Gasteiger partial charge >= 0.3 is 0 Å². The van der Waals surface area contributed by atoms with Gasteiger partial charge in [0, 0.05) is 39.6 Å². The summed E-state index contributed by atoms with van der Waals surface area (Å²) in [6.07, 6.45) is 7.86. The van der Waals surface area contributed by atoms with Gasteiger partial charge in [0.15, 0.2) is 17.5 Å². The average Bonchev–Trinajstić information content (AvgIpc) is 2.78. The largest absolute Gasteiger partial charge is 0.493 e. The lowest BCUT2D eigenvalue weighted by molar-refractivity contribution is -0.122. The summed E-state index contributed by atoms with van der Waals surface area (Å²) in [6, 6.07) is 4.13. The van der Waals surface area contributed by atoms with Crippen molar-refractivity contribution in [1.29, 1.82) is 0 Å². The van der Waals surface area contributed by atoms with Crippen molar-refractivity contribution in [3.05, 3.63) is 23.3 Å². The van der Waals surface area contributed by atoms with Gasteiger partial charge in [-0.15, -0.1) is 24.0 Å². The van der Waals surface area contributed by atoms with E-state index < -0.39 is 0 Å². The van der Waals surface area contributed by atoms with Gasteiger partial charge in [-0.25, -0.2) is 0 Å². The van der Waals surface area contributed by atoms with Crippen LogP contribution in [0, 0.1) is 5.92 Å². The van der Waals surface area contributed by atoms with E-state index >= 15 is 0 Å². The van der Waals surface area contributed by atoms with Crippen LogP contribution in [0.3, 0.4) is 0 Å². The summed E-state index contributed by atoms with van der Waals surface area (Å²) < 4.78 is 10.9. The molecule has 1 aromatic carbocycles. The van der Waals surface area contributed by atoms with Gasteiger partial charge in [-0.1, -0.05) is 19.3 Å². The van der Waals surface area contributed by atoms with E-state index in [2.05, 4.69) is 32.7 Å². The van der Waals surface area contributed by atoms with Gasteiger partial charge in [0.05, 0.1) is 14.2 Å². The van der Waals surface area contributed by atoms with Crippen LogP contribution in [0.4, 0.5) is 0 Å². The molecule has 0 bridgehead atoms. The van der Waals surface area contributed by atoms with E-state index in [1.54, 1.807) is 21.3 Å². The minimum absolute atomic E-state index is 0.